The van der Waals surface area contributed by atoms with Gasteiger partial charge in [-0.25, -0.2) is 4.39 Å². The van der Waals surface area contributed by atoms with Gasteiger partial charge in [-0.15, -0.1) is 0 Å². The maximum atomic E-state index is 13.6. The van der Waals surface area contributed by atoms with Crippen LogP contribution in [0.4, 0.5) is 4.39 Å². The Morgan fingerprint density at radius 1 is 1.00 bits per heavy atom. The smallest absolute Gasteiger partial charge is 0.182 e. The van der Waals surface area contributed by atoms with Crippen LogP contribution in [0.25, 0.3) is 16.7 Å². The lowest BCUT2D eigenvalue weighted by Gasteiger charge is -2.08. The Kier molecular flexibility index (Phi) is 2.98. The molecule has 0 fully saturated rings. The maximum Gasteiger partial charge on any atom is 0.182 e. The molecule has 2 nitrogen and oxygen atoms in total. The minimum absolute atomic E-state index is 0.221. The van der Waals surface area contributed by atoms with E-state index in [1.165, 1.54) is 17.2 Å². The fraction of sp³-hybridized carbons (Fsp3) is 0.188. The second-order valence-corrected chi connectivity index (χ2v) is 5.54. The number of aromatic amines is 1. The number of nitrogens with zero attached hydrogens (tertiary/aromatic N) is 1. The lowest BCUT2D eigenvalue weighted by atomic mass is 10.1. The molecule has 0 spiro atoms. The Bertz CT molecular complexity index is 874. The molecule has 102 valence electrons. The molecule has 0 saturated carbocycles. The molecular formula is C16H15FN2S. The van der Waals surface area contributed by atoms with Crippen molar-refractivity contribution >= 4 is 23.3 Å². The predicted octanol–water partition coefficient (Wildman–Crippen LogP) is 4.75. The first-order valence-corrected chi connectivity index (χ1v) is 6.86. The minimum Gasteiger partial charge on any atom is -0.330 e. The van der Waals surface area contributed by atoms with Gasteiger partial charge in [0.1, 0.15) is 5.82 Å². The third-order valence-electron chi connectivity index (χ3n) is 3.71. The molecule has 0 amide bonds. The van der Waals surface area contributed by atoms with E-state index in [-0.39, 0.29) is 5.82 Å². The highest BCUT2D eigenvalue weighted by Gasteiger charge is 2.10. The van der Waals surface area contributed by atoms with Crippen LogP contribution >= 0.6 is 12.2 Å². The molecule has 4 heteroatoms. The molecule has 1 N–H and O–H groups in total. The number of aromatic nitrogens is 2. The average molecular weight is 286 g/mol. The zero-order valence-corrected chi connectivity index (χ0v) is 12.4. The van der Waals surface area contributed by atoms with E-state index in [0.717, 1.165) is 16.7 Å². The molecule has 0 saturated heterocycles. The summed E-state index contributed by atoms with van der Waals surface area (Å²) in [5.74, 6) is -0.221. The van der Waals surface area contributed by atoms with Crippen molar-refractivity contribution in [3.63, 3.8) is 0 Å². The van der Waals surface area contributed by atoms with Crippen LogP contribution in [-0.2, 0) is 0 Å². The number of rotatable bonds is 1. The molecule has 2 aromatic carbocycles. The third kappa shape index (κ3) is 1.96. The van der Waals surface area contributed by atoms with Crippen LogP contribution in [-0.4, -0.2) is 9.55 Å². The normalized spacial score (nSPS) is 11.2. The summed E-state index contributed by atoms with van der Waals surface area (Å²) in [5, 5.41) is 0. The highest BCUT2D eigenvalue weighted by molar-refractivity contribution is 7.71. The van der Waals surface area contributed by atoms with E-state index in [1.54, 1.807) is 6.92 Å². The Hall–Kier alpha value is -1.94. The molecule has 1 aromatic heterocycles. The van der Waals surface area contributed by atoms with Gasteiger partial charge < -0.3 is 4.98 Å². The van der Waals surface area contributed by atoms with Crippen molar-refractivity contribution in [3.8, 4) is 5.69 Å². The molecule has 3 aromatic rings. The largest absolute Gasteiger partial charge is 0.330 e. The zero-order valence-electron chi connectivity index (χ0n) is 11.6. The maximum absolute atomic E-state index is 13.6. The van der Waals surface area contributed by atoms with E-state index in [2.05, 4.69) is 31.0 Å². The topological polar surface area (TPSA) is 20.7 Å². The molecule has 3 rings (SSSR count). The van der Waals surface area contributed by atoms with E-state index >= 15 is 0 Å². The molecule has 0 unspecified atom stereocenters. The van der Waals surface area contributed by atoms with Crippen molar-refractivity contribution in [2.45, 2.75) is 20.8 Å². The summed E-state index contributed by atoms with van der Waals surface area (Å²) in [6.45, 7) is 5.91. The summed E-state index contributed by atoms with van der Waals surface area (Å²) >= 11 is 5.38. The number of imidazole rings is 1. The van der Waals surface area contributed by atoms with Gasteiger partial charge in [0.2, 0.25) is 0 Å². The number of fused-ring (bicyclic) bond motifs is 1. The van der Waals surface area contributed by atoms with E-state index < -0.39 is 0 Å². The summed E-state index contributed by atoms with van der Waals surface area (Å²) in [4.78, 5) is 3.07. The van der Waals surface area contributed by atoms with Gasteiger partial charge in [0.15, 0.2) is 4.77 Å². The Morgan fingerprint density at radius 3 is 2.45 bits per heavy atom. The number of halogens is 1. The van der Waals surface area contributed by atoms with Gasteiger partial charge in [-0.2, -0.15) is 0 Å². The standard InChI is InChI=1S/C16H15FN2S/c1-9-4-5-12(6-10(9)2)19-15-7-11(3)13(17)8-14(15)18-16(19)20/h4-8H,1-3H3,(H,18,20). The first-order valence-electron chi connectivity index (χ1n) is 6.46. The summed E-state index contributed by atoms with van der Waals surface area (Å²) in [5.41, 5.74) is 5.67. The first kappa shape index (κ1) is 13.1. The van der Waals surface area contributed by atoms with Crippen LogP contribution in [0.3, 0.4) is 0 Å². The van der Waals surface area contributed by atoms with Crippen LogP contribution in [0.15, 0.2) is 30.3 Å². The highest BCUT2D eigenvalue weighted by atomic mass is 32.1. The van der Waals surface area contributed by atoms with Crippen LogP contribution < -0.4 is 0 Å². The van der Waals surface area contributed by atoms with Crippen LogP contribution in [0.1, 0.15) is 16.7 Å². The average Bonchev–Trinajstić information content (AvgIpc) is 2.69. The Labute approximate surface area is 121 Å². The van der Waals surface area contributed by atoms with Gasteiger partial charge in [0.05, 0.1) is 11.0 Å². The van der Waals surface area contributed by atoms with Crippen molar-refractivity contribution in [1.82, 2.24) is 9.55 Å². The van der Waals surface area contributed by atoms with Crippen molar-refractivity contribution < 1.29 is 4.39 Å². The molecule has 0 bridgehead atoms. The first-order chi connectivity index (χ1) is 9.47. The van der Waals surface area contributed by atoms with E-state index in [1.807, 2.05) is 16.7 Å². The van der Waals surface area contributed by atoms with Crippen LogP contribution in [0.5, 0.6) is 0 Å². The summed E-state index contributed by atoms with van der Waals surface area (Å²) < 4.78 is 16.2. The minimum atomic E-state index is -0.221. The van der Waals surface area contributed by atoms with Crippen molar-refractivity contribution in [3.05, 3.63) is 57.6 Å². The molecular weight excluding hydrogens is 271 g/mol. The Balaban J connectivity index is 2.35. The van der Waals surface area contributed by atoms with Crippen molar-refractivity contribution in [2.75, 3.05) is 0 Å². The predicted molar refractivity (Wildman–Crippen MR) is 82.6 cm³/mol. The molecule has 0 aliphatic carbocycles. The molecule has 0 aliphatic rings. The lowest BCUT2D eigenvalue weighted by Crippen LogP contribution is -1.96. The second kappa shape index (κ2) is 4.56. The van der Waals surface area contributed by atoms with Crippen LogP contribution in [0.2, 0.25) is 0 Å². The third-order valence-corrected chi connectivity index (χ3v) is 4.00. The summed E-state index contributed by atoms with van der Waals surface area (Å²) in [6.07, 6.45) is 0. The summed E-state index contributed by atoms with van der Waals surface area (Å²) in [7, 11) is 0. The Morgan fingerprint density at radius 2 is 1.75 bits per heavy atom. The molecule has 20 heavy (non-hydrogen) atoms. The summed E-state index contributed by atoms with van der Waals surface area (Å²) in [6, 6.07) is 9.52. The van der Waals surface area contributed by atoms with E-state index in [4.69, 9.17) is 12.2 Å². The molecule has 0 aliphatic heterocycles. The van der Waals surface area contributed by atoms with Gasteiger partial charge >= 0.3 is 0 Å². The number of H-pyrrole nitrogens is 1. The molecule has 0 atom stereocenters. The lowest BCUT2D eigenvalue weighted by molar-refractivity contribution is 0.620. The van der Waals surface area contributed by atoms with Gasteiger partial charge in [-0.3, -0.25) is 4.57 Å². The van der Waals surface area contributed by atoms with Gasteiger partial charge in [-0.1, -0.05) is 6.07 Å². The molecule has 1 heterocycles. The zero-order chi connectivity index (χ0) is 14.4. The van der Waals surface area contributed by atoms with Crippen molar-refractivity contribution in [1.29, 1.82) is 0 Å². The van der Waals surface area contributed by atoms with Gasteiger partial charge in [0, 0.05) is 5.69 Å². The SMILES string of the molecule is Cc1ccc(-n2c(=S)[nH]c3cc(F)c(C)cc32)cc1C. The number of hydrogen-bond acceptors (Lipinski definition) is 1. The highest BCUT2D eigenvalue weighted by Crippen LogP contribution is 2.23. The number of nitrogens with one attached hydrogen (secondary N) is 1. The van der Waals surface area contributed by atoms with E-state index in [9.17, 15) is 4.39 Å². The monoisotopic (exact) mass is 286 g/mol. The second-order valence-electron chi connectivity index (χ2n) is 5.15. The number of benzene rings is 2. The van der Waals surface area contributed by atoms with Gasteiger partial charge in [-0.05, 0) is 73.9 Å². The van der Waals surface area contributed by atoms with Gasteiger partial charge in [0.25, 0.3) is 0 Å². The fourth-order valence-electron chi connectivity index (χ4n) is 2.35. The number of aryl methyl sites for hydroxylation is 3. The van der Waals surface area contributed by atoms with E-state index in [0.29, 0.717) is 10.3 Å². The fourth-order valence-corrected chi connectivity index (χ4v) is 2.67. The van der Waals surface area contributed by atoms with Crippen molar-refractivity contribution in [2.24, 2.45) is 0 Å². The molecule has 0 radical (unpaired) electrons. The number of hydrogen-bond donors (Lipinski definition) is 1. The van der Waals surface area contributed by atoms with Crippen LogP contribution in [0, 0.1) is 31.4 Å². The quantitative estimate of drug-likeness (QED) is 0.640.